The van der Waals surface area contributed by atoms with Gasteiger partial charge in [0.1, 0.15) is 5.75 Å². The number of nitrogens with zero attached hydrogens (tertiary/aromatic N) is 2. The summed E-state index contributed by atoms with van der Waals surface area (Å²) < 4.78 is 6.89. The Hall–Kier alpha value is -2.06. The van der Waals surface area contributed by atoms with Crippen LogP contribution in [-0.2, 0) is 4.79 Å². The molecule has 0 aliphatic carbocycles. The number of hydrogen-bond acceptors (Lipinski definition) is 4. The van der Waals surface area contributed by atoms with Crippen LogP contribution >= 0.6 is 31.9 Å². The number of methoxy groups -OCH3 is 1. The van der Waals surface area contributed by atoms with Crippen molar-refractivity contribution >= 4 is 55.0 Å². The number of nitrogens with one attached hydrogen (secondary N) is 1. The Morgan fingerprint density at radius 3 is 2.37 bits per heavy atom. The summed E-state index contributed by atoms with van der Waals surface area (Å²) in [5.74, 6) is 0.412. The van der Waals surface area contributed by atoms with Crippen molar-refractivity contribution in [2.75, 3.05) is 43.5 Å². The predicted molar refractivity (Wildman–Crippen MR) is 126 cm³/mol. The van der Waals surface area contributed by atoms with Crippen molar-refractivity contribution < 1.29 is 14.3 Å². The third-order valence-corrected chi connectivity index (χ3v) is 6.08. The Morgan fingerprint density at radius 2 is 1.73 bits per heavy atom. The Morgan fingerprint density at radius 1 is 1.07 bits per heavy atom. The molecule has 1 aliphatic rings. The van der Waals surface area contributed by atoms with E-state index in [9.17, 15) is 9.59 Å². The summed E-state index contributed by atoms with van der Waals surface area (Å²) in [7, 11) is 1.54. The highest BCUT2D eigenvalue weighted by atomic mass is 79.9. The van der Waals surface area contributed by atoms with Gasteiger partial charge in [0.05, 0.1) is 28.5 Å². The van der Waals surface area contributed by atoms with Crippen LogP contribution in [0.2, 0.25) is 0 Å². The van der Waals surface area contributed by atoms with Crippen molar-refractivity contribution in [3.8, 4) is 5.75 Å². The minimum atomic E-state index is -0.255. The maximum absolute atomic E-state index is 13.0. The van der Waals surface area contributed by atoms with Gasteiger partial charge in [-0.2, -0.15) is 0 Å². The van der Waals surface area contributed by atoms with E-state index in [1.807, 2.05) is 49.1 Å². The van der Waals surface area contributed by atoms with Gasteiger partial charge in [0.25, 0.3) is 5.91 Å². The molecule has 0 radical (unpaired) electrons. The first kappa shape index (κ1) is 22.6. The second kappa shape index (κ2) is 9.83. The van der Waals surface area contributed by atoms with Gasteiger partial charge in [0.2, 0.25) is 5.91 Å². The van der Waals surface area contributed by atoms with Crippen molar-refractivity contribution in [3.05, 3.63) is 50.9 Å². The average Bonchev–Trinajstić information content (AvgIpc) is 2.73. The second-order valence-corrected chi connectivity index (χ2v) is 9.18. The lowest BCUT2D eigenvalue weighted by Crippen LogP contribution is -2.50. The zero-order valence-electron chi connectivity index (χ0n) is 17.2. The van der Waals surface area contributed by atoms with Gasteiger partial charge in [-0.05, 0) is 40.2 Å². The summed E-state index contributed by atoms with van der Waals surface area (Å²) in [6, 6.07) is 11.3. The Balaban J connectivity index is 1.79. The van der Waals surface area contributed by atoms with E-state index in [2.05, 4.69) is 42.1 Å². The molecule has 2 aromatic rings. The summed E-state index contributed by atoms with van der Waals surface area (Å²) >= 11 is 6.87. The number of halogens is 2. The predicted octanol–water partition coefficient (Wildman–Crippen LogP) is 4.78. The molecule has 0 saturated carbocycles. The molecule has 8 heteroatoms. The van der Waals surface area contributed by atoms with E-state index in [4.69, 9.17) is 4.74 Å². The molecule has 1 fully saturated rings. The number of benzene rings is 2. The lowest BCUT2D eigenvalue weighted by Gasteiger charge is -2.37. The number of ether oxygens (including phenoxy) is 1. The molecule has 3 rings (SSSR count). The fraction of sp³-hybridized carbons (Fsp3) is 0.364. The van der Waals surface area contributed by atoms with Gasteiger partial charge in [-0.3, -0.25) is 9.59 Å². The lowest BCUT2D eigenvalue weighted by atomic mass is 10.1. The molecule has 2 amide bonds. The van der Waals surface area contributed by atoms with E-state index in [0.29, 0.717) is 28.9 Å². The number of anilines is 2. The van der Waals surface area contributed by atoms with E-state index in [1.165, 1.54) is 7.11 Å². The molecule has 1 aliphatic heterocycles. The van der Waals surface area contributed by atoms with Crippen LogP contribution < -0.4 is 15.0 Å². The van der Waals surface area contributed by atoms with Gasteiger partial charge >= 0.3 is 0 Å². The molecule has 1 heterocycles. The average molecular weight is 539 g/mol. The van der Waals surface area contributed by atoms with Crippen LogP contribution in [0.1, 0.15) is 24.2 Å². The Labute approximate surface area is 193 Å². The normalized spacial score (nSPS) is 14.1. The number of amides is 2. The van der Waals surface area contributed by atoms with E-state index in [-0.39, 0.29) is 17.7 Å². The fourth-order valence-electron chi connectivity index (χ4n) is 3.51. The van der Waals surface area contributed by atoms with E-state index in [0.717, 1.165) is 28.9 Å². The zero-order chi connectivity index (χ0) is 21.8. The molecule has 0 spiro atoms. The number of rotatable bonds is 5. The van der Waals surface area contributed by atoms with Crippen molar-refractivity contribution in [1.82, 2.24) is 4.90 Å². The molecular weight excluding hydrogens is 514 g/mol. The topological polar surface area (TPSA) is 61.9 Å². The van der Waals surface area contributed by atoms with Crippen LogP contribution in [0.5, 0.6) is 5.75 Å². The highest BCUT2D eigenvalue weighted by Crippen LogP contribution is 2.34. The van der Waals surface area contributed by atoms with Gasteiger partial charge in [0.15, 0.2) is 0 Å². The molecule has 0 aromatic heterocycles. The third-order valence-electron chi connectivity index (χ3n) is 5.04. The molecule has 0 unspecified atom stereocenters. The number of hydrogen-bond donors (Lipinski definition) is 1. The van der Waals surface area contributed by atoms with Crippen molar-refractivity contribution in [2.45, 2.75) is 13.8 Å². The lowest BCUT2D eigenvalue weighted by molar-refractivity contribution is -0.134. The van der Waals surface area contributed by atoms with E-state index >= 15 is 0 Å². The second-order valence-electron chi connectivity index (χ2n) is 7.41. The van der Waals surface area contributed by atoms with Gasteiger partial charge in [-0.25, -0.2) is 0 Å². The maximum Gasteiger partial charge on any atom is 0.259 e. The molecule has 0 bridgehead atoms. The van der Waals surface area contributed by atoms with Crippen LogP contribution in [0.15, 0.2) is 45.3 Å². The molecular formula is C22H25Br2N3O3. The van der Waals surface area contributed by atoms with Crippen molar-refractivity contribution in [1.29, 1.82) is 0 Å². The molecule has 2 aromatic carbocycles. The summed E-state index contributed by atoms with van der Waals surface area (Å²) in [6.45, 7) is 6.63. The Kier molecular flexibility index (Phi) is 7.41. The van der Waals surface area contributed by atoms with Crippen LogP contribution in [0.4, 0.5) is 11.4 Å². The van der Waals surface area contributed by atoms with E-state index in [1.54, 1.807) is 6.07 Å². The van der Waals surface area contributed by atoms with Crippen LogP contribution in [0.3, 0.4) is 0 Å². The largest absolute Gasteiger partial charge is 0.495 e. The van der Waals surface area contributed by atoms with E-state index < -0.39 is 0 Å². The highest BCUT2D eigenvalue weighted by molar-refractivity contribution is 9.11. The summed E-state index contributed by atoms with van der Waals surface area (Å²) in [4.78, 5) is 29.4. The number of carbonyl (C=O) groups is 2. The van der Waals surface area contributed by atoms with Gasteiger partial charge < -0.3 is 19.9 Å². The summed E-state index contributed by atoms with van der Waals surface area (Å²) in [6.07, 6.45) is 0. The standard InChI is InChI=1S/C22H25Br2N3O3/c1-14(2)22(29)27-10-8-26(9-11-27)19-7-5-4-6-18(19)25-21(28)16-12-15(23)13-17(24)20(16)30-3/h4-7,12-14H,8-11H2,1-3H3,(H,25,28). The van der Waals surface area contributed by atoms with Gasteiger partial charge in [-0.15, -0.1) is 0 Å². The molecule has 6 nitrogen and oxygen atoms in total. The highest BCUT2D eigenvalue weighted by Gasteiger charge is 2.25. The number of piperazine rings is 1. The number of para-hydroxylation sites is 2. The van der Waals surface area contributed by atoms with Gasteiger partial charge in [-0.1, -0.05) is 41.9 Å². The molecule has 30 heavy (non-hydrogen) atoms. The molecule has 1 saturated heterocycles. The third kappa shape index (κ3) is 4.98. The molecule has 160 valence electrons. The zero-order valence-corrected chi connectivity index (χ0v) is 20.4. The minimum absolute atomic E-state index is 0.00243. The maximum atomic E-state index is 13.0. The number of carbonyl (C=O) groups excluding carboxylic acids is 2. The van der Waals surface area contributed by atoms with Crippen LogP contribution in [0, 0.1) is 5.92 Å². The smallest absolute Gasteiger partial charge is 0.259 e. The van der Waals surface area contributed by atoms with Crippen molar-refractivity contribution in [3.63, 3.8) is 0 Å². The quantitative estimate of drug-likeness (QED) is 0.595. The molecule has 0 atom stereocenters. The monoisotopic (exact) mass is 537 g/mol. The summed E-state index contributed by atoms with van der Waals surface area (Å²) in [5, 5.41) is 3.02. The minimum Gasteiger partial charge on any atom is -0.495 e. The van der Waals surface area contributed by atoms with Gasteiger partial charge in [0, 0.05) is 36.6 Å². The molecule has 1 N–H and O–H groups in total. The summed E-state index contributed by atoms with van der Waals surface area (Å²) in [5.41, 5.74) is 2.10. The first-order valence-corrected chi connectivity index (χ1v) is 11.4. The SMILES string of the molecule is COc1c(Br)cc(Br)cc1C(=O)Nc1ccccc1N1CCN(C(=O)C(C)C)CC1. The Bertz CT molecular complexity index is 941. The first-order valence-electron chi connectivity index (χ1n) is 9.79. The van der Waals surface area contributed by atoms with Crippen molar-refractivity contribution in [2.24, 2.45) is 5.92 Å². The fourth-order valence-corrected chi connectivity index (χ4v) is 4.90. The first-order chi connectivity index (χ1) is 14.3. The van der Waals surface area contributed by atoms with Crippen LogP contribution in [-0.4, -0.2) is 50.0 Å². The van der Waals surface area contributed by atoms with Crippen LogP contribution in [0.25, 0.3) is 0 Å².